The van der Waals surface area contributed by atoms with Crippen molar-refractivity contribution in [3.63, 3.8) is 0 Å². The molecule has 2 aromatic heterocycles. The Bertz CT molecular complexity index is 2260. The molecule has 1 aliphatic carbocycles. The summed E-state index contributed by atoms with van der Waals surface area (Å²) in [6.45, 7) is 6.09. The zero-order valence-corrected chi connectivity index (χ0v) is 28.7. The van der Waals surface area contributed by atoms with Gasteiger partial charge >= 0.3 is 12.1 Å². The Kier molecular flexibility index (Phi) is 8.86. The van der Waals surface area contributed by atoms with E-state index >= 15 is 0 Å². The number of alkyl halides is 3. The van der Waals surface area contributed by atoms with E-state index in [0.29, 0.717) is 28.0 Å². The van der Waals surface area contributed by atoms with E-state index in [1.807, 2.05) is 19.1 Å². The van der Waals surface area contributed by atoms with Crippen molar-refractivity contribution in [1.82, 2.24) is 25.5 Å². The van der Waals surface area contributed by atoms with Gasteiger partial charge in [-0.2, -0.15) is 23.7 Å². The van der Waals surface area contributed by atoms with E-state index in [4.69, 9.17) is 11.6 Å². The molecule has 2 N–H and O–H groups in total. The normalized spacial score (nSPS) is 22.2. The van der Waals surface area contributed by atoms with Crippen molar-refractivity contribution in [2.75, 3.05) is 6.54 Å². The highest BCUT2D eigenvalue weighted by Gasteiger charge is 2.73. The molecule has 6 atom stereocenters. The number of nitriles is 2. The molecule has 52 heavy (non-hydrogen) atoms. The molecule has 268 valence electrons. The highest BCUT2D eigenvalue weighted by Crippen LogP contribution is 2.66. The van der Waals surface area contributed by atoms with Crippen LogP contribution in [0.1, 0.15) is 50.4 Å². The van der Waals surface area contributed by atoms with Crippen LogP contribution < -0.4 is 10.6 Å². The molecule has 4 aromatic rings. The highest BCUT2D eigenvalue weighted by atomic mass is 35.5. The SMILES string of the molecule is CC(C)(C)[C@H](NC(=O)C(F)(F)F)C(=O)N1C[C@H]2[C@@H]([C@H]1C(=O)NC(C#N)c1cncc3c(F)c(F)cc(Cl)c13)C2(C)c1cc(C#N)c2ccncc2c1. The number of piperidine rings is 1. The average molecular weight is 738 g/mol. The summed E-state index contributed by atoms with van der Waals surface area (Å²) in [5, 5.41) is 25.1. The van der Waals surface area contributed by atoms with Crippen LogP contribution in [0, 0.1) is 51.5 Å². The van der Waals surface area contributed by atoms with E-state index in [1.165, 1.54) is 20.8 Å². The van der Waals surface area contributed by atoms with E-state index in [1.54, 1.807) is 29.8 Å². The molecule has 1 saturated carbocycles. The quantitative estimate of drug-likeness (QED) is 0.188. The van der Waals surface area contributed by atoms with E-state index in [9.17, 15) is 46.9 Å². The average Bonchev–Trinajstić information content (AvgIpc) is 3.45. The van der Waals surface area contributed by atoms with Crippen LogP contribution in [-0.4, -0.2) is 57.4 Å². The Hall–Kier alpha value is -5.41. The van der Waals surface area contributed by atoms with Crippen LogP contribution in [0.2, 0.25) is 5.02 Å². The molecule has 2 fully saturated rings. The number of rotatable bonds is 6. The Morgan fingerprint density at radius 2 is 1.75 bits per heavy atom. The second-order valence-corrected chi connectivity index (χ2v) is 14.6. The number of carbonyl (C=O) groups excluding carboxylic acids is 3. The van der Waals surface area contributed by atoms with Gasteiger partial charge in [-0.15, -0.1) is 0 Å². The molecule has 2 aliphatic rings. The van der Waals surface area contributed by atoms with Crippen molar-refractivity contribution in [2.24, 2.45) is 17.3 Å². The van der Waals surface area contributed by atoms with Crippen LogP contribution >= 0.6 is 11.6 Å². The van der Waals surface area contributed by atoms with Crippen LogP contribution in [0.3, 0.4) is 0 Å². The molecule has 1 aliphatic heterocycles. The number of likely N-dealkylation sites (tertiary alicyclic amines) is 1. The maximum atomic E-state index is 14.8. The fourth-order valence-corrected chi connectivity index (χ4v) is 7.80. The van der Waals surface area contributed by atoms with Gasteiger partial charge in [0.05, 0.1) is 22.7 Å². The van der Waals surface area contributed by atoms with Crippen molar-refractivity contribution in [1.29, 1.82) is 10.5 Å². The summed E-state index contributed by atoms with van der Waals surface area (Å²) in [6.07, 6.45) is -0.0257. The number of hydrogen-bond donors (Lipinski definition) is 2. The van der Waals surface area contributed by atoms with Gasteiger partial charge in [0, 0.05) is 69.8 Å². The molecule has 0 radical (unpaired) electrons. The van der Waals surface area contributed by atoms with Gasteiger partial charge in [-0.25, -0.2) is 8.78 Å². The monoisotopic (exact) mass is 737 g/mol. The van der Waals surface area contributed by atoms with Crippen molar-refractivity contribution in [2.45, 2.75) is 57.4 Å². The summed E-state index contributed by atoms with van der Waals surface area (Å²) < 4.78 is 69.1. The maximum Gasteiger partial charge on any atom is 0.471 e. The predicted octanol–water partition coefficient (Wildman–Crippen LogP) is 5.78. The predicted molar refractivity (Wildman–Crippen MR) is 177 cm³/mol. The van der Waals surface area contributed by atoms with Crippen LogP contribution in [0.5, 0.6) is 0 Å². The number of amides is 3. The third-order valence-electron chi connectivity index (χ3n) is 10.2. The van der Waals surface area contributed by atoms with Gasteiger partial charge in [0.25, 0.3) is 0 Å². The van der Waals surface area contributed by atoms with Crippen LogP contribution in [0.15, 0.2) is 49.1 Å². The summed E-state index contributed by atoms with van der Waals surface area (Å²) in [6, 6.07) is 5.29. The van der Waals surface area contributed by atoms with Gasteiger partial charge in [-0.1, -0.05) is 39.3 Å². The summed E-state index contributed by atoms with van der Waals surface area (Å²) >= 11 is 6.27. The van der Waals surface area contributed by atoms with Gasteiger partial charge in [-0.05, 0) is 41.2 Å². The third kappa shape index (κ3) is 5.92. The van der Waals surface area contributed by atoms with E-state index in [0.717, 1.165) is 17.3 Å². The Balaban J connectivity index is 1.42. The Labute approximate surface area is 298 Å². The molecule has 2 unspecified atom stereocenters. The molecular weight excluding hydrogens is 709 g/mol. The first kappa shape index (κ1) is 36.4. The van der Waals surface area contributed by atoms with Crippen LogP contribution in [0.25, 0.3) is 21.5 Å². The molecule has 3 heterocycles. The minimum Gasteiger partial charge on any atom is -0.336 e. The van der Waals surface area contributed by atoms with Crippen molar-refractivity contribution in [3.05, 3.63) is 82.4 Å². The third-order valence-corrected chi connectivity index (χ3v) is 10.5. The maximum absolute atomic E-state index is 14.8. The number of nitrogens with zero attached hydrogens (tertiary/aromatic N) is 5. The smallest absolute Gasteiger partial charge is 0.336 e. The minimum atomic E-state index is -5.30. The second kappa shape index (κ2) is 12.7. The molecule has 3 amide bonds. The molecule has 0 spiro atoms. The lowest BCUT2D eigenvalue weighted by Gasteiger charge is -2.38. The Morgan fingerprint density at radius 3 is 2.38 bits per heavy atom. The standard InChI is InChI=1S/C36H29ClF5N7O3/c1-34(2,3)30(48-33(52)36(40,41)42)32(51)49-15-22-27(35(22,4)18-7-16(10-43)19-5-6-45-12-17(19)8-18)29(49)31(50)47-25(11-44)20-13-46-14-21-26(20)23(37)9-24(38)28(21)39/h5-9,12-14,22,25,27,29-30H,15H2,1-4H3,(H,47,50)(H,48,52)/t22-,25?,27-,29-,30+,35?/m0/s1. The number of halogens is 6. The van der Waals surface area contributed by atoms with E-state index < -0.39 is 76.3 Å². The summed E-state index contributed by atoms with van der Waals surface area (Å²) in [5.41, 5.74) is -1.17. The first-order valence-electron chi connectivity index (χ1n) is 15.9. The molecule has 16 heteroatoms. The number of pyridine rings is 2. The van der Waals surface area contributed by atoms with E-state index in [-0.39, 0.29) is 27.9 Å². The topological polar surface area (TPSA) is 152 Å². The first-order valence-corrected chi connectivity index (χ1v) is 16.3. The number of carbonyl (C=O) groups is 3. The zero-order chi connectivity index (χ0) is 38.1. The first-order chi connectivity index (χ1) is 24.3. The molecule has 6 rings (SSSR count). The van der Waals surface area contributed by atoms with Gasteiger partial charge in [0.15, 0.2) is 11.6 Å². The largest absolute Gasteiger partial charge is 0.471 e. The van der Waals surface area contributed by atoms with Gasteiger partial charge in [-0.3, -0.25) is 24.4 Å². The molecular formula is C36H29ClF5N7O3. The minimum absolute atomic E-state index is 0.0751. The fourth-order valence-electron chi connectivity index (χ4n) is 7.50. The fraction of sp³-hybridized carbons (Fsp3) is 0.361. The summed E-state index contributed by atoms with van der Waals surface area (Å²) in [5.74, 6) is -7.83. The molecule has 10 nitrogen and oxygen atoms in total. The molecule has 0 bridgehead atoms. The number of hydrogen-bond acceptors (Lipinski definition) is 7. The van der Waals surface area contributed by atoms with Crippen molar-refractivity contribution < 1.29 is 36.3 Å². The lowest BCUT2D eigenvalue weighted by atomic mass is 9.84. The van der Waals surface area contributed by atoms with Gasteiger partial charge in [0.1, 0.15) is 18.1 Å². The molecule has 1 saturated heterocycles. The number of benzene rings is 2. The lowest BCUT2D eigenvalue weighted by molar-refractivity contribution is -0.176. The zero-order valence-electron chi connectivity index (χ0n) is 27.9. The molecule has 2 aromatic carbocycles. The number of nitrogens with one attached hydrogen (secondary N) is 2. The van der Waals surface area contributed by atoms with Crippen LogP contribution in [-0.2, 0) is 19.8 Å². The summed E-state index contributed by atoms with van der Waals surface area (Å²) in [4.78, 5) is 49.9. The summed E-state index contributed by atoms with van der Waals surface area (Å²) in [7, 11) is 0. The van der Waals surface area contributed by atoms with Gasteiger partial charge < -0.3 is 15.5 Å². The van der Waals surface area contributed by atoms with Gasteiger partial charge in [0.2, 0.25) is 11.8 Å². The van der Waals surface area contributed by atoms with E-state index in [2.05, 4.69) is 21.4 Å². The number of fused-ring (bicyclic) bond motifs is 3. The lowest BCUT2D eigenvalue weighted by Crippen LogP contribution is -2.60. The second-order valence-electron chi connectivity index (χ2n) is 14.2. The van der Waals surface area contributed by atoms with Crippen molar-refractivity contribution in [3.8, 4) is 12.1 Å². The Morgan fingerprint density at radius 1 is 1.04 bits per heavy atom. The van der Waals surface area contributed by atoms with Crippen LogP contribution in [0.4, 0.5) is 22.0 Å². The number of aromatic nitrogens is 2. The highest BCUT2D eigenvalue weighted by molar-refractivity contribution is 6.35. The van der Waals surface area contributed by atoms with Crippen molar-refractivity contribution >= 4 is 50.9 Å².